The van der Waals surface area contributed by atoms with E-state index in [0.717, 1.165) is 5.56 Å². The third-order valence-electron chi connectivity index (χ3n) is 3.83. The van der Waals surface area contributed by atoms with Gasteiger partial charge in [-0.25, -0.2) is 4.79 Å². The SMILES string of the molecule is CC(NC(=O)OC(C)(C)C)C(C)C(=O)CCCOCc1ccccc1. The van der Waals surface area contributed by atoms with Crippen LogP contribution in [0.3, 0.4) is 0 Å². The fourth-order valence-electron chi connectivity index (χ4n) is 2.24. The minimum Gasteiger partial charge on any atom is -0.444 e. The van der Waals surface area contributed by atoms with Crippen molar-refractivity contribution < 1.29 is 19.1 Å². The first-order valence-electron chi connectivity index (χ1n) is 8.83. The Morgan fingerprint density at radius 1 is 1.12 bits per heavy atom. The van der Waals surface area contributed by atoms with Gasteiger partial charge in [-0.1, -0.05) is 37.3 Å². The minimum atomic E-state index is -0.548. The Labute approximate surface area is 151 Å². The maximum atomic E-state index is 12.2. The van der Waals surface area contributed by atoms with Gasteiger partial charge in [-0.05, 0) is 39.7 Å². The number of hydrogen-bond donors (Lipinski definition) is 1. The fourth-order valence-corrected chi connectivity index (χ4v) is 2.24. The van der Waals surface area contributed by atoms with Gasteiger partial charge in [0, 0.05) is 25.0 Å². The van der Waals surface area contributed by atoms with Crippen LogP contribution in [0.1, 0.15) is 53.0 Å². The van der Waals surface area contributed by atoms with Crippen LogP contribution in [0.2, 0.25) is 0 Å². The summed E-state index contributed by atoms with van der Waals surface area (Å²) in [6.45, 7) is 10.2. The highest BCUT2D eigenvalue weighted by atomic mass is 16.6. The smallest absolute Gasteiger partial charge is 0.407 e. The third-order valence-corrected chi connectivity index (χ3v) is 3.83. The lowest BCUT2D eigenvalue weighted by atomic mass is 9.95. The van der Waals surface area contributed by atoms with Crippen molar-refractivity contribution in [3.8, 4) is 0 Å². The molecule has 0 radical (unpaired) electrons. The Kier molecular flexibility index (Phi) is 8.62. The summed E-state index contributed by atoms with van der Waals surface area (Å²) in [5, 5.41) is 2.73. The number of amides is 1. The summed E-state index contributed by atoms with van der Waals surface area (Å²) in [5.41, 5.74) is 0.574. The number of hydrogen-bond acceptors (Lipinski definition) is 4. The molecule has 2 atom stereocenters. The summed E-state index contributed by atoms with van der Waals surface area (Å²) in [4.78, 5) is 24.0. The molecule has 25 heavy (non-hydrogen) atoms. The van der Waals surface area contributed by atoms with E-state index in [1.165, 1.54) is 0 Å². The fraction of sp³-hybridized carbons (Fsp3) is 0.600. The number of ether oxygens (including phenoxy) is 2. The predicted molar refractivity (Wildman–Crippen MR) is 98.3 cm³/mol. The van der Waals surface area contributed by atoms with Crippen LogP contribution in [0.5, 0.6) is 0 Å². The largest absolute Gasteiger partial charge is 0.444 e. The number of Topliss-reactive ketones (excluding diaryl/α,β-unsaturated/α-hetero) is 1. The Bertz CT molecular complexity index is 536. The van der Waals surface area contributed by atoms with Crippen LogP contribution in [0.4, 0.5) is 4.79 Å². The Hall–Kier alpha value is -1.88. The number of nitrogens with one attached hydrogen (secondary N) is 1. The van der Waals surface area contributed by atoms with E-state index >= 15 is 0 Å². The zero-order chi connectivity index (χ0) is 18.9. The van der Waals surface area contributed by atoms with Crippen molar-refractivity contribution in [1.29, 1.82) is 0 Å². The molecule has 0 aromatic heterocycles. The second kappa shape index (κ2) is 10.2. The number of carbonyl (C=O) groups excluding carboxylic acids is 2. The summed E-state index contributed by atoms with van der Waals surface area (Å²) in [6.07, 6.45) is 0.622. The van der Waals surface area contributed by atoms with Gasteiger partial charge in [-0.2, -0.15) is 0 Å². The van der Waals surface area contributed by atoms with E-state index in [1.807, 2.05) is 44.2 Å². The van der Waals surface area contributed by atoms with E-state index in [2.05, 4.69) is 5.32 Å². The topological polar surface area (TPSA) is 64.6 Å². The first kappa shape index (κ1) is 21.2. The zero-order valence-electron chi connectivity index (χ0n) is 16.0. The van der Waals surface area contributed by atoms with Crippen molar-refractivity contribution in [2.45, 2.75) is 65.7 Å². The van der Waals surface area contributed by atoms with Crippen LogP contribution in [0.25, 0.3) is 0 Å². The molecule has 1 aromatic rings. The highest BCUT2D eigenvalue weighted by Crippen LogP contribution is 2.11. The molecule has 5 heteroatoms. The summed E-state index contributed by atoms with van der Waals surface area (Å²) in [7, 11) is 0. The number of alkyl carbamates (subject to hydrolysis) is 1. The quantitative estimate of drug-likeness (QED) is 0.682. The molecule has 0 heterocycles. The Balaban J connectivity index is 2.23. The van der Waals surface area contributed by atoms with Gasteiger partial charge < -0.3 is 14.8 Å². The molecule has 1 amide bonds. The van der Waals surface area contributed by atoms with E-state index in [1.54, 1.807) is 20.8 Å². The highest BCUT2D eigenvalue weighted by molar-refractivity contribution is 5.82. The summed E-state index contributed by atoms with van der Waals surface area (Å²) in [6, 6.07) is 9.67. The average molecular weight is 349 g/mol. The summed E-state index contributed by atoms with van der Waals surface area (Å²) < 4.78 is 10.8. The minimum absolute atomic E-state index is 0.117. The molecule has 0 saturated carbocycles. The lowest BCUT2D eigenvalue weighted by Crippen LogP contribution is -2.42. The monoisotopic (exact) mass is 349 g/mol. The molecule has 0 aliphatic rings. The van der Waals surface area contributed by atoms with Crippen LogP contribution in [0.15, 0.2) is 30.3 Å². The van der Waals surface area contributed by atoms with Gasteiger partial charge in [0.25, 0.3) is 0 Å². The van der Waals surface area contributed by atoms with Gasteiger partial charge in [0.1, 0.15) is 11.4 Å². The summed E-state index contributed by atoms with van der Waals surface area (Å²) >= 11 is 0. The molecule has 0 aliphatic heterocycles. The second-order valence-corrected chi connectivity index (χ2v) is 7.33. The van der Waals surface area contributed by atoms with Crippen LogP contribution < -0.4 is 5.32 Å². The molecule has 0 saturated heterocycles. The highest BCUT2D eigenvalue weighted by Gasteiger charge is 2.24. The first-order chi connectivity index (χ1) is 11.7. The molecular weight excluding hydrogens is 318 g/mol. The van der Waals surface area contributed by atoms with Crippen molar-refractivity contribution in [1.82, 2.24) is 5.32 Å². The van der Waals surface area contributed by atoms with Gasteiger partial charge >= 0.3 is 6.09 Å². The zero-order valence-corrected chi connectivity index (χ0v) is 16.0. The van der Waals surface area contributed by atoms with Gasteiger partial charge in [-0.3, -0.25) is 4.79 Å². The number of benzene rings is 1. The third kappa shape index (κ3) is 9.25. The maximum absolute atomic E-state index is 12.2. The van der Waals surface area contributed by atoms with E-state index in [4.69, 9.17) is 9.47 Å². The summed E-state index contributed by atoms with van der Waals surface area (Å²) in [5.74, 6) is -0.145. The van der Waals surface area contributed by atoms with E-state index in [9.17, 15) is 9.59 Å². The van der Waals surface area contributed by atoms with Gasteiger partial charge in [-0.15, -0.1) is 0 Å². The first-order valence-corrected chi connectivity index (χ1v) is 8.83. The molecule has 0 fully saturated rings. The molecule has 1 N–H and O–H groups in total. The van der Waals surface area contributed by atoms with Crippen molar-refractivity contribution in [3.63, 3.8) is 0 Å². The van der Waals surface area contributed by atoms with Crippen molar-refractivity contribution in [2.24, 2.45) is 5.92 Å². The van der Waals surface area contributed by atoms with E-state index in [0.29, 0.717) is 26.1 Å². The lowest BCUT2D eigenvalue weighted by Gasteiger charge is -2.24. The van der Waals surface area contributed by atoms with Gasteiger partial charge in [0.15, 0.2) is 0 Å². The number of ketones is 1. The number of carbonyl (C=O) groups is 2. The van der Waals surface area contributed by atoms with Crippen LogP contribution in [-0.2, 0) is 20.9 Å². The van der Waals surface area contributed by atoms with Crippen molar-refractivity contribution in [3.05, 3.63) is 35.9 Å². The van der Waals surface area contributed by atoms with E-state index < -0.39 is 11.7 Å². The maximum Gasteiger partial charge on any atom is 0.407 e. The molecule has 5 nitrogen and oxygen atoms in total. The Morgan fingerprint density at radius 3 is 2.36 bits per heavy atom. The van der Waals surface area contributed by atoms with Gasteiger partial charge in [0.2, 0.25) is 0 Å². The molecule has 1 aromatic carbocycles. The van der Waals surface area contributed by atoms with Crippen molar-refractivity contribution in [2.75, 3.05) is 6.61 Å². The van der Waals surface area contributed by atoms with Crippen LogP contribution in [-0.4, -0.2) is 30.1 Å². The molecule has 0 spiro atoms. The molecule has 1 rings (SSSR count). The molecule has 0 bridgehead atoms. The Morgan fingerprint density at radius 2 is 1.76 bits per heavy atom. The molecule has 2 unspecified atom stereocenters. The van der Waals surface area contributed by atoms with Crippen molar-refractivity contribution >= 4 is 11.9 Å². The van der Waals surface area contributed by atoms with Gasteiger partial charge in [0.05, 0.1) is 6.61 Å². The second-order valence-electron chi connectivity index (χ2n) is 7.33. The predicted octanol–water partition coefficient (Wildman–Crippen LogP) is 4.10. The van der Waals surface area contributed by atoms with Crippen LogP contribution in [0, 0.1) is 5.92 Å². The molecule has 140 valence electrons. The standard InChI is InChI=1S/C20H31NO4/c1-15(16(2)21-19(23)25-20(3,4)5)18(22)12-9-13-24-14-17-10-7-6-8-11-17/h6-8,10-11,15-16H,9,12-14H2,1-5H3,(H,21,23). The lowest BCUT2D eigenvalue weighted by molar-refractivity contribution is -0.123. The average Bonchev–Trinajstić information content (AvgIpc) is 2.52. The molecular formula is C20H31NO4. The normalized spacial score (nSPS) is 13.8. The number of rotatable bonds is 9. The van der Waals surface area contributed by atoms with Crippen LogP contribution >= 0.6 is 0 Å². The van der Waals surface area contributed by atoms with E-state index in [-0.39, 0.29) is 17.7 Å². The molecule has 0 aliphatic carbocycles.